The van der Waals surface area contributed by atoms with Crippen LogP contribution < -0.4 is 10.1 Å². The standard InChI is InChI=1S/C20H25N3O4/c24-18-13-27-17-4-3-15(11-16(17)21-18)20(26)14-5-9-23(10-6-14)19(25)12-22-7-1-2-8-22/h3-4,11,14H,1-2,5-10,12-13H2,(H,21,24). The molecule has 0 aromatic heterocycles. The highest BCUT2D eigenvalue weighted by molar-refractivity contribution is 6.01. The number of carbonyl (C=O) groups is 3. The number of fused-ring (bicyclic) bond motifs is 1. The lowest BCUT2D eigenvalue weighted by molar-refractivity contribution is -0.133. The summed E-state index contributed by atoms with van der Waals surface area (Å²) in [5.74, 6) is 0.546. The maximum Gasteiger partial charge on any atom is 0.262 e. The molecule has 2 fully saturated rings. The predicted molar refractivity (Wildman–Crippen MR) is 99.9 cm³/mol. The molecule has 27 heavy (non-hydrogen) atoms. The summed E-state index contributed by atoms with van der Waals surface area (Å²) >= 11 is 0. The fourth-order valence-corrected chi connectivity index (χ4v) is 4.10. The second-order valence-corrected chi connectivity index (χ2v) is 7.55. The highest BCUT2D eigenvalue weighted by atomic mass is 16.5. The van der Waals surface area contributed by atoms with E-state index >= 15 is 0 Å². The summed E-state index contributed by atoms with van der Waals surface area (Å²) in [6.07, 6.45) is 3.72. The van der Waals surface area contributed by atoms with Gasteiger partial charge in [-0.25, -0.2) is 0 Å². The maximum atomic E-state index is 12.9. The fraction of sp³-hybridized carbons (Fsp3) is 0.550. The topological polar surface area (TPSA) is 79.0 Å². The first-order valence-electron chi connectivity index (χ1n) is 9.71. The van der Waals surface area contributed by atoms with Crippen molar-refractivity contribution in [2.75, 3.05) is 44.6 Å². The lowest BCUT2D eigenvalue weighted by atomic mass is 9.88. The van der Waals surface area contributed by atoms with Gasteiger partial charge in [0.15, 0.2) is 12.4 Å². The van der Waals surface area contributed by atoms with Crippen LogP contribution in [0.25, 0.3) is 0 Å². The van der Waals surface area contributed by atoms with Crippen molar-refractivity contribution in [3.8, 4) is 5.75 Å². The monoisotopic (exact) mass is 371 g/mol. The molecular formula is C20H25N3O4. The molecule has 7 nitrogen and oxygen atoms in total. The average Bonchev–Trinajstić information content (AvgIpc) is 3.20. The van der Waals surface area contributed by atoms with Crippen molar-refractivity contribution in [3.63, 3.8) is 0 Å². The molecule has 144 valence electrons. The quantitative estimate of drug-likeness (QED) is 0.812. The fourth-order valence-electron chi connectivity index (χ4n) is 4.10. The van der Waals surface area contributed by atoms with Crippen LogP contribution in [-0.2, 0) is 9.59 Å². The number of anilines is 1. The molecule has 3 aliphatic rings. The van der Waals surface area contributed by atoms with Crippen molar-refractivity contribution in [2.24, 2.45) is 5.92 Å². The largest absolute Gasteiger partial charge is 0.482 e. The van der Waals surface area contributed by atoms with E-state index in [0.29, 0.717) is 49.5 Å². The highest BCUT2D eigenvalue weighted by Crippen LogP contribution is 2.30. The summed E-state index contributed by atoms with van der Waals surface area (Å²) in [5, 5.41) is 2.74. The van der Waals surface area contributed by atoms with E-state index in [1.807, 2.05) is 4.90 Å². The van der Waals surface area contributed by atoms with E-state index in [-0.39, 0.29) is 30.1 Å². The van der Waals surface area contributed by atoms with E-state index in [9.17, 15) is 14.4 Å². The first-order valence-corrected chi connectivity index (χ1v) is 9.71. The third-order valence-electron chi connectivity index (χ3n) is 5.67. The van der Waals surface area contributed by atoms with Gasteiger partial charge in [-0.1, -0.05) is 0 Å². The summed E-state index contributed by atoms with van der Waals surface area (Å²) in [4.78, 5) is 40.9. The molecule has 0 radical (unpaired) electrons. The minimum Gasteiger partial charge on any atom is -0.482 e. The number of rotatable bonds is 4. The molecule has 3 heterocycles. The molecular weight excluding hydrogens is 346 g/mol. The molecule has 0 spiro atoms. The van der Waals surface area contributed by atoms with Gasteiger partial charge >= 0.3 is 0 Å². The van der Waals surface area contributed by atoms with Gasteiger partial charge in [-0.15, -0.1) is 0 Å². The Hall–Kier alpha value is -2.41. The summed E-state index contributed by atoms with van der Waals surface area (Å²) in [6, 6.07) is 5.18. The first kappa shape index (κ1) is 18.0. The van der Waals surface area contributed by atoms with Crippen molar-refractivity contribution < 1.29 is 19.1 Å². The van der Waals surface area contributed by atoms with Crippen molar-refractivity contribution in [3.05, 3.63) is 23.8 Å². The molecule has 7 heteroatoms. The molecule has 1 aromatic carbocycles. The zero-order chi connectivity index (χ0) is 18.8. The van der Waals surface area contributed by atoms with Gasteiger partial charge < -0.3 is 15.0 Å². The summed E-state index contributed by atoms with van der Waals surface area (Å²) in [5.41, 5.74) is 1.14. The minimum absolute atomic E-state index is 0.00418. The predicted octanol–water partition coefficient (Wildman–Crippen LogP) is 1.53. The Morgan fingerprint density at radius 1 is 1.11 bits per heavy atom. The highest BCUT2D eigenvalue weighted by Gasteiger charge is 2.29. The number of nitrogens with one attached hydrogen (secondary N) is 1. The van der Waals surface area contributed by atoms with Crippen LogP contribution in [0.4, 0.5) is 5.69 Å². The van der Waals surface area contributed by atoms with Crippen LogP contribution >= 0.6 is 0 Å². The Kier molecular flexibility index (Phi) is 5.11. The Bertz CT molecular complexity index is 750. The zero-order valence-electron chi connectivity index (χ0n) is 15.4. The molecule has 0 saturated carbocycles. The number of amides is 2. The van der Waals surface area contributed by atoms with Gasteiger partial charge in [0.05, 0.1) is 12.2 Å². The van der Waals surface area contributed by atoms with E-state index in [1.165, 1.54) is 12.8 Å². The van der Waals surface area contributed by atoms with Gasteiger partial charge in [-0.05, 0) is 57.0 Å². The second kappa shape index (κ2) is 7.68. The van der Waals surface area contributed by atoms with E-state index in [1.54, 1.807) is 18.2 Å². The number of hydrogen-bond acceptors (Lipinski definition) is 5. The minimum atomic E-state index is -0.211. The third kappa shape index (κ3) is 3.98. The molecule has 1 aromatic rings. The van der Waals surface area contributed by atoms with Gasteiger partial charge in [0.1, 0.15) is 5.75 Å². The van der Waals surface area contributed by atoms with Crippen LogP contribution in [0.3, 0.4) is 0 Å². The van der Waals surface area contributed by atoms with Gasteiger partial charge in [0.25, 0.3) is 5.91 Å². The molecule has 4 rings (SSSR count). The normalized spacial score (nSPS) is 20.7. The number of piperidine rings is 1. The summed E-state index contributed by atoms with van der Waals surface area (Å²) in [6.45, 7) is 3.80. The molecule has 0 unspecified atom stereocenters. The van der Waals surface area contributed by atoms with Crippen LogP contribution in [0.5, 0.6) is 5.75 Å². The molecule has 2 amide bonds. The Morgan fingerprint density at radius 3 is 2.59 bits per heavy atom. The SMILES string of the molecule is O=C1COc2ccc(C(=O)C3CCN(C(=O)CN4CCCC4)CC3)cc2N1. The molecule has 0 atom stereocenters. The van der Waals surface area contributed by atoms with Crippen LogP contribution in [0.2, 0.25) is 0 Å². The number of Topliss-reactive ketones (excluding diaryl/α,β-unsaturated/α-hetero) is 1. The first-order chi connectivity index (χ1) is 13.1. The van der Waals surface area contributed by atoms with Crippen molar-refractivity contribution in [1.29, 1.82) is 0 Å². The zero-order valence-corrected chi connectivity index (χ0v) is 15.4. The van der Waals surface area contributed by atoms with Gasteiger partial charge in [-0.2, -0.15) is 0 Å². The van der Waals surface area contributed by atoms with Crippen LogP contribution in [0.15, 0.2) is 18.2 Å². The number of carbonyl (C=O) groups excluding carboxylic acids is 3. The van der Waals surface area contributed by atoms with Crippen LogP contribution in [-0.4, -0.2) is 66.7 Å². The molecule has 3 aliphatic heterocycles. The summed E-state index contributed by atoms with van der Waals surface area (Å²) in [7, 11) is 0. The molecule has 0 bridgehead atoms. The number of likely N-dealkylation sites (tertiary alicyclic amines) is 2. The van der Waals surface area contributed by atoms with Crippen molar-refractivity contribution in [1.82, 2.24) is 9.80 Å². The second-order valence-electron chi connectivity index (χ2n) is 7.55. The van der Waals surface area contributed by atoms with Gasteiger partial charge in [0, 0.05) is 24.6 Å². The smallest absolute Gasteiger partial charge is 0.262 e. The summed E-state index contributed by atoms with van der Waals surface area (Å²) < 4.78 is 5.34. The third-order valence-corrected chi connectivity index (χ3v) is 5.67. The van der Waals surface area contributed by atoms with Crippen LogP contribution in [0.1, 0.15) is 36.0 Å². The molecule has 0 aliphatic carbocycles. The lowest BCUT2D eigenvalue weighted by Gasteiger charge is -2.32. The lowest BCUT2D eigenvalue weighted by Crippen LogP contribution is -2.44. The van der Waals surface area contributed by atoms with E-state index in [2.05, 4.69) is 10.2 Å². The Labute approximate surface area is 158 Å². The molecule has 1 N–H and O–H groups in total. The van der Waals surface area contributed by atoms with E-state index in [4.69, 9.17) is 4.74 Å². The Balaban J connectivity index is 1.34. The average molecular weight is 371 g/mol. The maximum absolute atomic E-state index is 12.9. The van der Waals surface area contributed by atoms with E-state index in [0.717, 1.165) is 13.1 Å². The van der Waals surface area contributed by atoms with Gasteiger partial charge in [-0.3, -0.25) is 19.3 Å². The number of benzene rings is 1. The van der Waals surface area contributed by atoms with Gasteiger partial charge in [0.2, 0.25) is 5.91 Å². The van der Waals surface area contributed by atoms with Crippen molar-refractivity contribution >= 4 is 23.3 Å². The van der Waals surface area contributed by atoms with Crippen LogP contribution in [0, 0.1) is 5.92 Å². The van der Waals surface area contributed by atoms with Crippen molar-refractivity contribution in [2.45, 2.75) is 25.7 Å². The van der Waals surface area contributed by atoms with E-state index < -0.39 is 0 Å². The number of nitrogens with zero attached hydrogens (tertiary/aromatic N) is 2. The number of ether oxygens (including phenoxy) is 1. The number of ketones is 1. The Morgan fingerprint density at radius 2 is 1.85 bits per heavy atom. The number of hydrogen-bond donors (Lipinski definition) is 1. The molecule has 2 saturated heterocycles.